The van der Waals surface area contributed by atoms with E-state index in [0.717, 1.165) is 11.6 Å². The lowest BCUT2D eigenvalue weighted by Gasteiger charge is -2.50. The zero-order valence-corrected chi connectivity index (χ0v) is 16.5. The van der Waals surface area contributed by atoms with Crippen LogP contribution in [0.1, 0.15) is 17.2 Å². The van der Waals surface area contributed by atoms with Crippen LogP contribution in [0.25, 0.3) is 0 Å². The maximum Gasteiger partial charge on any atom is 0.256 e. The molecule has 1 atom stereocenters. The zero-order valence-electron chi connectivity index (χ0n) is 15.7. The highest BCUT2D eigenvalue weighted by molar-refractivity contribution is 6.30. The summed E-state index contributed by atoms with van der Waals surface area (Å²) in [4.78, 5) is 28.4. The minimum atomic E-state index is -1.46. The van der Waals surface area contributed by atoms with Crippen molar-refractivity contribution in [2.75, 3.05) is 27.2 Å². The van der Waals surface area contributed by atoms with E-state index >= 15 is 0 Å². The van der Waals surface area contributed by atoms with Gasteiger partial charge in [0.25, 0.3) is 5.91 Å². The summed E-state index contributed by atoms with van der Waals surface area (Å²) in [5.74, 6) is -1.14. The van der Waals surface area contributed by atoms with Crippen molar-refractivity contribution in [2.45, 2.75) is 12.5 Å². The molecule has 5 nitrogen and oxygen atoms in total. The fourth-order valence-corrected chi connectivity index (χ4v) is 3.75. The van der Waals surface area contributed by atoms with Gasteiger partial charge in [-0.1, -0.05) is 35.9 Å². The van der Waals surface area contributed by atoms with E-state index < -0.39 is 23.2 Å². The Hall–Kier alpha value is -2.44. The Morgan fingerprint density at radius 2 is 1.86 bits per heavy atom. The monoisotopic (exact) mass is 404 g/mol. The molecule has 2 amide bonds. The highest BCUT2D eigenvalue weighted by Gasteiger charge is 2.52. The first-order chi connectivity index (χ1) is 13.2. The second-order valence-corrected chi connectivity index (χ2v) is 7.87. The van der Waals surface area contributed by atoms with Crippen LogP contribution in [0.4, 0.5) is 4.39 Å². The number of benzene rings is 2. The van der Waals surface area contributed by atoms with Gasteiger partial charge in [-0.3, -0.25) is 9.59 Å². The molecule has 0 aromatic heterocycles. The largest absolute Gasteiger partial charge is 0.378 e. The van der Waals surface area contributed by atoms with Crippen LogP contribution < -0.4 is 0 Å². The second-order valence-electron chi connectivity index (χ2n) is 7.43. The summed E-state index contributed by atoms with van der Waals surface area (Å²) in [6.45, 7) is 0.385. The molecule has 1 N–H and O–H groups in total. The van der Waals surface area contributed by atoms with Crippen LogP contribution in [0.3, 0.4) is 0 Å². The Morgan fingerprint density at radius 1 is 1.21 bits per heavy atom. The summed E-state index contributed by atoms with van der Waals surface area (Å²) < 4.78 is 13.4. The van der Waals surface area contributed by atoms with Gasteiger partial charge in [0.15, 0.2) is 6.10 Å². The lowest BCUT2D eigenvalue weighted by Crippen LogP contribution is -2.66. The van der Waals surface area contributed by atoms with Gasteiger partial charge < -0.3 is 14.9 Å². The topological polar surface area (TPSA) is 60.9 Å². The van der Waals surface area contributed by atoms with Crippen molar-refractivity contribution in [1.29, 1.82) is 0 Å². The number of hydrogen-bond acceptors (Lipinski definition) is 3. The van der Waals surface area contributed by atoms with E-state index in [4.69, 9.17) is 11.6 Å². The predicted molar refractivity (Wildman–Crippen MR) is 104 cm³/mol. The third-order valence-corrected chi connectivity index (χ3v) is 5.26. The van der Waals surface area contributed by atoms with Crippen LogP contribution in [0, 0.1) is 11.2 Å². The molecule has 148 valence electrons. The van der Waals surface area contributed by atoms with Gasteiger partial charge in [-0.15, -0.1) is 0 Å². The highest BCUT2D eigenvalue weighted by atomic mass is 35.5. The lowest BCUT2D eigenvalue weighted by atomic mass is 9.73. The molecule has 2 aromatic carbocycles. The van der Waals surface area contributed by atoms with Gasteiger partial charge in [0.2, 0.25) is 5.91 Å². The molecule has 1 unspecified atom stereocenters. The van der Waals surface area contributed by atoms with E-state index in [1.165, 1.54) is 28.0 Å². The number of nitrogens with zero attached hydrogens (tertiary/aromatic N) is 2. The van der Waals surface area contributed by atoms with E-state index in [2.05, 4.69) is 0 Å². The van der Waals surface area contributed by atoms with Gasteiger partial charge in [-0.05, 0) is 41.8 Å². The summed E-state index contributed by atoms with van der Waals surface area (Å²) in [6, 6.07) is 12.6. The number of aliphatic hydroxyl groups is 1. The van der Waals surface area contributed by atoms with Crippen molar-refractivity contribution < 1.29 is 19.1 Å². The number of aliphatic hydroxyl groups excluding tert-OH is 1. The highest BCUT2D eigenvalue weighted by Crippen LogP contribution is 2.37. The van der Waals surface area contributed by atoms with Crippen molar-refractivity contribution in [3.05, 3.63) is 70.5 Å². The third-order valence-electron chi connectivity index (χ3n) is 5.01. The summed E-state index contributed by atoms with van der Waals surface area (Å²) in [5.41, 5.74) is 0.380. The van der Waals surface area contributed by atoms with Gasteiger partial charge in [0.1, 0.15) is 5.82 Å². The summed E-state index contributed by atoms with van der Waals surface area (Å²) in [7, 11) is 3.36. The molecular weight excluding hydrogens is 383 g/mol. The predicted octanol–water partition coefficient (Wildman–Crippen LogP) is 2.67. The van der Waals surface area contributed by atoms with Crippen LogP contribution in [-0.4, -0.2) is 53.9 Å². The van der Waals surface area contributed by atoms with Crippen molar-refractivity contribution in [3.63, 3.8) is 0 Å². The minimum absolute atomic E-state index is 0.0771. The number of hydrogen-bond donors (Lipinski definition) is 1. The number of rotatable bonds is 5. The van der Waals surface area contributed by atoms with Gasteiger partial charge >= 0.3 is 0 Å². The van der Waals surface area contributed by atoms with E-state index in [1.807, 2.05) is 12.1 Å². The molecule has 2 aromatic rings. The van der Waals surface area contributed by atoms with Crippen molar-refractivity contribution >= 4 is 23.4 Å². The van der Waals surface area contributed by atoms with Crippen molar-refractivity contribution in [3.8, 4) is 0 Å². The summed E-state index contributed by atoms with van der Waals surface area (Å²) in [5, 5.41) is 10.9. The third kappa shape index (κ3) is 4.03. The average Bonchev–Trinajstić information content (AvgIpc) is 2.64. The normalized spacial score (nSPS) is 16.2. The quantitative estimate of drug-likeness (QED) is 0.833. The van der Waals surface area contributed by atoms with Crippen LogP contribution >= 0.6 is 11.6 Å². The first-order valence-corrected chi connectivity index (χ1v) is 9.28. The SMILES string of the molecule is CN(C)C(=O)C1(Cc2ccc(Cl)cc2)CN(C(=O)C(O)c2cccc(F)c2)C1. The molecule has 0 saturated carbocycles. The first-order valence-electron chi connectivity index (χ1n) is 8.90. The summed E-state index contributed by atoms with van der Waals surface area (Å²) >= 11 is 5.93. The first kappa shape index (κ1) is 20.3. The zero-order chi connectivity index (χ0) is 20.5. The maximum atomic E-state index is 13.4. The van der Waals surface area contributed by atoms with E-state index in [9.17, 15) is 19.1 Å². The molecule has 28 heavy (non-hydrogen) atoms. The minimum Gasteiger partial charge on any atom is -0.378 e. The fraction of sp³-hybridized carbons (Fsp3) is 0.333. The van der Waals surface area contributed by atoms with Crippen LogP contribution in [-0.2, 0) is 16.0 Å². The van der Waals surface area contributed by atoms with Crippen LogP contribution in [0.5, 0.6) is 0 Å². The number of halogens is 2. The second kappa shape index (κ2) is 7.89. The molecule has 7 heteroatoms. The van der Waals surface area contributed by atoms with Crippen LogP contribution in [0.2, 0.25) is 5.02 Å². The van der Waals surface area contributed by atoms with Gasteiger partial charge in [-0.25, -0.2) is 4.39 Å². The number of likely N-dealkylation sites (tertiary alicyclic amines) is 1. The molecule has 0 radical (unpaired) electrons. The number of carbonyl (C=O) groups is 2. The molecule has 1 aliphatic rings. The van der Waals surface area contributed by atoms with E-state index in [1.54, 1.807) is 26.2 Å². The Balaban J connectivity index is 1.76. The van der Waals surface area contributed by atoms with E-state index in [0.29, 0.717) is 11.4 Å². The molecule has 1 aliphatic heterocycles. The molecule has 1 saturated heterocycles. The van der Waals surface area contributed by atoms with Crippen molar-refractivity contribution in [2.24, 2.45) is 5.41 Å². The Morgan fingerprint density at radius 3 is 2.43 bits per heavy atom. The van der Waals surface area contributed by atoms with Crippen LogP contribution in [0.15, 0.2) is 48.5 Å². The van der Waals surface area contributed by atoms with Gasteiger partial charge in [0.05, 0.1) is 5.41 Å². The Bertz CT molecular complexity index is 879. The average molecular weight is 405 g/mol. The van der Waals surface area contributed by atoms with Crippen molar-refractivity contribution in [1.82, 2.24) is 9.80 Å². The van der Waals surface area contributed by atoms with Gasteiger partial charge in [-0.2, -0.15) is 0 Å². The molecule has 3 rings (SSSR count). The lowest BCUT2D eigenvalue weighted by molar-refractivity contribution is -0.164. The number of carbonyl (C=O) groups excluding carboxylic acids is 2. The molecular formula is C21H22ClFN2O3. The van der Waals surface area contributed by atoms with Gasteiger partial charge in [0, 0.05) is 32.2 Å². The number of amides is 2. The fourth-order valence-electron chi connectivity index (χ4n) is 3.62. The Kier molecular flexibility index (Phi) is 5.72. The maximum absolute atomic E-state index is 13.4. The van der Waals surface area contributed by atoms with E-state index in [-0.39, 0.29) is 24.6 Å². The standard InChI is InChI=1S/C21H22ClFN2O3/c1-24(2)20(28)21(11-14-6-8-16(22)9-7-14)12-25(13-21)19(27)18(26)15-4-3-5-17(23)10-15/h3-10,18,26H,11-13H2,1-2H3. The molecule has 0 bridgehead atoms. The molecule has 1 heterocycles. The smallest absolute Gasteiger partial charge is 0.256 e. The molecule has 1 fully saturated rings. The molecule has 0 aliphatic carbocycles. The summed E-state index contributed by atoms with van der Waals surface area (Å²) in [6.07, 6.45) is -1.00. The Labute approximate surface area is 168 Å². The molecule has 0 spiro atoms.